The first-order valence-electron chi connectivity index (χ1n) is 5.57. The van der Waals surface area contributed by atoms with Gasteiger partial charge in [-0.05, 0) is 17.7 Å². The van der Waals surface area contributed by atoms with Crippen LogP contribution in [0.25, 0.3) is 33.1 Å². The molecule has 2 heterocycles. The summed E-state index contributed by atoms with van der Waals surface area (Å²) in [5, 5.41) is 15.8. The third-order valence-electron chi connectivity index (χ3n) is 3.04. The zero-order valence-electron chi connectivity index (χ0n) is 9.29. The standard InChI is InChI=1S/C13H8N4O/c1-4-9(13-11(5-1)15-17-16-13)8-3-2-6-12-10(8)7-14-18-12/h1-7H,(H,15,16,17). The number of aromatic amines is 1. The molecule has 18 heavy (non-hydrogen) atoms. The van der Waals surface area contributed by atoms with E-state index >= 15 is 0 Å². The molecule has 86 valence electrons. The normalized spacial score (nSPS) is 11.3. The van der Waals surface area contributed by atoms with E-state index in [2.05, 4.69) is 20.6 Å². The molecule has 0 aliphatic heterocycles. The fourth-order valence-corrected chi connectivity index (χ4v) is 2.21. The lowest BCUT2D eigenvalue weighted by Gasteiger charge is -2.02. The largest absolute Gasteiger partial charge is 0.356 e. The van der Waals surface area contributed by atoms with Crippen LogP contribution in [0.2, 0.25) is 0 Å². The van der Waals surface area contributed by atoms with Gasteiger partial charge in [-0.15, -0.1) is 0 Å². The maximum Gasteiger partial charge on any atom is 0.167 e. The molecule has 2 aromatic heterocycles. The van der Waals surface area contributed by atoms with Gasteiger partial charge in [0.25, 0.3) is 0 Å². The van der Waals surface area contributed by atoms with Crippen molar-refractivity contribution in [2.75, 3.05) is 0 Å². The highest BCUT2D eigenvalue weighted by atomic mass is 16.5. The van der Waals surface area contributed by atoms with Crippen LogP contribution in [0.15, 0.2) is 47.1 Å². The van der Waals surface area contributed by atoms with Gasteiger partial charge in [-0.3, -0.25) is 0 Å². The quantitative estimate of drug-likeness (QED) is 0.551. The Hall–Kier alpha value is -2.69. The molecule has 0 radical (unpaired) electrons. The topological polar surface area (TPSA) is 67.6 Å². The molecule has 0 saturated heterocycles. The maximum absolute atomic E-state index is 5.18. The first-order valence-corrected chi connectivity index (χ1v) is 5.57. The lowest BCUT2D eigenvalue weighted by Crippen LogP contribution is -1.81. The van der Waals surface area contributed by atoms with Crippen LogP contribution in [-0.4, -0.2) is 20.6 Å². The predicted molar refractivity (Wildman–Crippen MR) is 66.9 cm³/mol. The van der Waals surface area contributed by atoms with Gasteiger partial charge in [0.05, 0.1) is 6.20 Å². The van der Waals surface area contributed by atoms with Crippen molar-refractivity contribution >= 4 is 22.0 Å². The molecule has 0 spiro atoms. The van der Waals surface area contributed by atoms with Crippen molar-refractivity contribution in [2.45, 2.75) is 0 Å². The maximum atomic E-state index is 5.18. The molecule has 0 aliphatic rings. The summed E-state index contributed by atoms with van der Waals surface area (Å²) in [6.45, 7) is 0. The molecular weight excluding hydrogens is 228 g/mol. The van der Waals surface area contributed by atoms with Gasteiger partial charge in [0.2, 0.25) is 0 Å². The van der Waals surface area contributed by atoms with Gasteiger partial charge < -0.3 is 4.52 Å². The zero-order chi connectivity index (χ0) is 11.9. The van der Waals surface area contributed by atoms with Gasteiger partial charge in [0.1, 0.15) is 11.0 Å². The number of aromatic nitrogens is 4. The number of H-pyrrole nitrogens is 1. The van der Waals surface area contributed by atoms with Crippen molar-refractivity contribution in [2.24, 2.45) is 0 Å². The van der Waals surface area contributed by atoms with Gasteiger partial charge >= 0.3 is 0 Å². The van der Waals surface area contributed by atoms with E-state index in [1.54, 1.807) is 6.20 Å². The van der Waals surface area contributed by atoms with E-state index in [-0.39, 0.29) is 0 Å². The molecule has 4 rings (SSSR count). The third-order valence-corrected chi connectivity index (χ3v) is 3.04. The number of fused-ring (bicyclic) bond motifs is 2. The highest BCUT2D eigenvalue weighted by Gasteiger charge is 2.11. The zero-order valence-corrected chi connectivity index (χ0v) is 9.29. The Morgan fingerprint density at radius 2 is 1.83 bits per heavy atom. The minimum Gasteiger partial charge on any atom is -0.356 e. The molecule has 2 aromatic carbocycles. The van der Waals surface area contributed by atoms with E-state index in [0.29, 0.717) is 0 Å². The van der Waals surface area contributed by atoms with Gasteiger partial charge in [0.15, 0.2) is 5.58 Å². The lowest BCUT2D eigenvalue weighted by molar-refractivity contribution is 0.456. The molecule has 0 amide bonds. The molecule has 0 unspecified atom stereocenters. The second-order valence-electron chi connectivity index (χ2n) is 4.04. The van der Waals surface area contributed by atoms with Crippen LogP contribution in [0.3, 0.4) is 0 Å². The van der Waals surface area contributed by atoms with E-state index in [0.717, 1.165) is 33.1 Å². The highest BCUT2D eigenvalue weighted by molar-refractivity contribution is 6.01. The van der Waals surface area contributed by atoms with E-state index in [1.807, 2.05) is 36.4 Å². The summed E-state index contributed by atoms with van der Waals surface area (Å²) in [5.41, 5.74) is 4.54. The fourth-order valence-electron chi connectivity index (χ4n) is 2.21. The van der Waals surface area contributed by atoms with E-state index in [9.17, 15) is 0 Å². The van der Waals surface area contributed by atoms with Gasteiger partial charge in [-0.2, -0.15) is 15.4 Å². The second-order valence-corrected chi connectivity index (χ2v) is 4.04. The first-order chi connectivity index (χ1) is 8.93. The number of hydrogen-bond acceptors (Lipinski definition) is 4. The Kier molecular flexibility index (Phi) is 1.77. The predicted octanol–water partition coefficient (Wildman–Crippen LogP) is 2.77. The fraction of sp³-hybridized carbons (Fsp3) is 0. The third kappa shape index (κ3) is 1.18. The summed E-state index contributed by atoms with van der Waals surface area (Å²) in [7, 11) is 0. The molecule has 0 fully saturated rings. The Morgan fingerprint density at radius 3 is 2.83 bits per heavy atom. The van der Waals surface area contributed by atoms with Crippen LogP contribution >= 0.6 is 0 Å². The molecule has 0 atom stereocenters. The minimum absolute atomic E-state index is 0.771. The summed E-state index contributed by atoms with van der Waals surface area (Å²) < 4.78 is 5.18. The number of nitrogens with one attached hydrogen (secondary N) is 1. The van der Waals surface area contributed by atoms with E-state index in [1.165, 1.54) is 0 Å². The Balaban J connectivity index is 2.13. The van der Waals surface area contributed by atoms with Crippen LogP contribution in [0.1, 0.15) is 0 Å². The van der Waals surface area contributed by atoms with E-state index in [4.69, 9.17) is 4.52 Å². The van der Waals surface area contributed by atoms with Crippen molar-refractivity contribution in [3.05, 3.63) is 42.6 Å². The van der Waals surface area contributed by atoms with Crippen molar-refractivity contribution < 1.29 is 4.52 Å². The van der Waals surface area contributed by atoms with Gasteiger partial charge in [-0.1, -0.05) is 29.4 Å². The summed E-state index contributed by atoms with van der Waals surface area (Å²) in [6, 6.07) is 11.8. The highest BCUT2D eigenvalue weighted by Crippen LogP contribution is 2.31. The van der Waals surface area contributed by atoms with Crippen LogP contribution in [0.5, 0.6) is 0 Å². The summed E-state index contributed by atoms with van der Waals surface area (Å²) in [5.74, 6) is 0. The number of rotatable bonds is 1. The number of para-hydroxylation sites is 1. The Labute approximate surface area is 101 Å². The van der Waals surface area contributed by atoms with Crippen molar-refractivity contribution in [3.63, 3.8) is 0 Å². The number of nitrogens with zero attached hydrogens (tertiary/aromatic N) is 3. The molecular formula is C13H8N4O. The molecule has 1 N–H and O–H groups in total. The summed E-state index contributed by atoms with van der Waals surface area (Å²) in [4.78, 5) is 0. The molecule has 5 heteroatoms. The summed E-state index contributed by atoms with van der Waals surface area (Å²) >= 11 is 0. The number of hydrogen-bond donors (Lipinski definition) is 1. The lowest BCUT2D eigenvalue weighted by atomic mass is 10.0. The van der Waals surface area contributed by atoms with Crippen molar-refractivity contribution in [1.29, 1.82) is 0 Å². The van der Waals surface area contributed by atoms with Gasteiger partial charge in [-0.25, -0.2) is 0 Å². The van der Waals surface area contributed by atoms with Crippen molar-refractivity contribution in [1.82, 2.24) is 20.6 Å². The smallest absolute Gasteiger partial charge is 0.167 e. The van der Waals surface area contributed by atoms with E-state index < -0.39 is 0 Å². The van der Waals surface area contributed by atoms with Crippen molar-refractivity contribution in [3.8, 4) is 11.1 Å². The van der Waals surface area contributed by atoms with Crippen LogP contribution in [0.4, 0.5) is 0 Å². The molecule has 4 aromatic rings. The van der Waals surface area contributed by atoms with Crippen LogP contribution in [0, 0.1) is 0 Å². The molecule has 0 aliphatic carbocycles. The van der Waals surface area contributed by atoms with Gasteiger partial charge in [0, 0.05) is 10.9 Å². The minimum atomic E-state index is 0.771. The average Bonchev–Trinajstić information content (AvgIpc) is 3.06. The molecule has 0 bridgehead atoms. The number of benzene rings is 2. The first kappa shape index (κ1) is 9.35. The Bertz CT molecular complexity index is 774. The van der Waals surface area contributed by atoms with Crippen LogP contribution < -0.4 is 0 Å². The molecule has 5 nitrogen and oxygen atoms in total. The van der Waals surface area contributed by atoms with Crippen LogP contribution in [-0.2, 0) is 0 Å². The second kappa shape index (κ2) is 3.40. The SMILES string of the molecule is c1cc(-c2cccc3oncc23)c2n[nH]nc2c1. The monoisotopic (exact) mass is 236 g/mol. The molecule has 0 saturated carbocycles. The summed E-state index contributed by atoms with van der Waals surface area (Å²) in [6.07, 6.45) is 1.73. The Morgan fingerprint density at radius 1 is 0.944 bits per heavy atom. The average molecular weight is 236 g/mol.